The van der Waals surface area contributed by atoms with E-state index in [0.717, 1.165) is 12.0 Å². The van der Waals surface area contributed by atoms with Gasteiger partial charge in [-0.1, -0.05) is 36.4 Å². The zero-order valence-corrected chi connectivity index (χ0v) is 13.8. The predicted molar refractivity (Wildman–Crippen MR) is 88.0 cm³/mol. The van der Waals surface area contributed by atoms with Crippen molar-refractivity contribution in [3.8, 4) is 0 Å². The molecule has 1 aromatic carbocycles. The summed E-state index contributed by atoms with van der Waals surface area (Å²) in [6.07, 6.45) is 3.65. The Morgan fingerprint density at radius 2 is 1.96 bits per heavy atom. The highest BCUT2D eigenvalue weighted by Gasteiger charge is 2.51. The topological polar surface area (TPSA) is 52.6 Å². The van der Waals surface area contributed by atoms with Crippen LogP contribution in [0.1, 0.15) is 31.7 Å². The van der Waals surface area contributed by atoms with Crippen LogP contribution in [-0.4, -0.2) is 24.0 Å². The normalized spacial score (nSPS) is 35.0. The maximum atomic E-state index is 12.0. The van der Waals surface area contributed by atoms with E-state index in [4.69, 9.17) is 9.47 Å². The maximum absolute atomic E-state index is 12.0. The molecule has 0 radical (unpaired) electrons. The Morgan fingerprint density at radius 3 is 2.75 bits per heavy atom. The molecule has 0 N–H and O–H groups in total. The van der Waals surface area contributed by atoms with Crippen molar-refractivity contribution < 1.29 is 19.1 Å². The van der Waals surface area contributed by atoms with Gasteiger partial charge in [-0.05, 0) is 30.7 Å². The highest BCUT2D eigenvalue weighted by atomic mass is 16.6. The van der Waals surface area contributed by atoms with E-state index < -0.39 is 0 Å². The summed E-state index contributed by atoms with van der Waals surface area (Å²) in [6.45, 7) is 2.29. The largest absolute Gasteiger partial charge is 0.456 e. The molecule has 0 unspecified atom stereocenters. The molecule has 2 aliphatic carbocycles. The molecular weight excluding hydrogens is 304 g/mol. The summed E-state index contributed by atoms with van der Waals surface area (Å²) in [6, 6.07) is 10.0. The van der Waals surface area contributed by atoms with Gasteiger partial charge in [-0.3, -0.25) is 4.79 Å². The molecular formula is C20H22O4. The van der Waals surface area contributed by atoms with Crippen molar-refractivity contribution in [3.63, 3.8) is 0 Å². The van der Waals surface area contributed by atoms with E-state index in [2.05, 4.69) is 0 Å². The Bertz CT molecular complexity index is 678. The number of benzene rings is 1. The van der Waals surface area contributed by atoms with Crippen LogP contribution in [0.2, 0.25) is 0 Å². The summed E-state index contributed by atoms with van der Waals surface area (Å²) in [4.78, 5) is 24.0. The third-order valence-corrected chi connectivity index (χ3v) is 5.65. The zero-order chi connectivity index (χ0) is 16.7. The number of hydrogen-bond acceptors (Lipinski definition) is 4. The molecule has 4 heteroatoms. The number of carbonyl (C=O) groups excluding carboxylic acids is 2. The van der Waals surface area contributed by atoms with E-state index in [0.29, 0.717) is 42.6 Å². The van der Waals surface area contributed by atoms with Gasteiger partial charge in [-0.15, -0.1) is 0 Å². The summed E-state index contributed by atoms with van der Waals surface area (Å²) >= 11 is 0. The Morgan fingerprint density at radius 1 is 1.17 bits per heavy atom. The van der Waals surface area contributed by atoms with E-state index in [-0.39, 0.29) is 24.1 Å². The average Bonchev–Trinajstić information content (AvgIpc) is 2.95. The molecule has 2 saturated carbocycles. The molecule has 1 aromatic rings. The van der Waals surface area contributed by atoms with Gasteiger partial charge in [0, 0.05) is 24.3 Å². The third-order valence-electron chi connectivity index (χ3n) is 5.65. The fraction of sp³-hybridized carbons (Fsp3) is 0.500. The van der Waals surface area contributed by atoms with E-state index in [9.17, 15) is 9.59 Å². The first-order valence-electron chi connectivity index (χ1n) is 8.68. The highest BCUT2D eigenvalue weighted by Crippen LogP contribution is 2.48. The summed E-state index contributed by atoms with van der Waals surface area (Å²) in [5, 5.41) is 0. The SMILES string of the molecule is CC1=C[C@@H]2[C@H]3CC(=O)C[C@H]3C[C@H](OCc3ccccc3)[C@H]2OC1=O. The molecule has 126 valence electrons. The van der Waals surface area contributed by atoms with Crippen LogP contribution in [0.15, 0.2) is 42.0 Å². The fourth-order valence-corrected chi connectivity index (χ4v) is 4.48. The summed E-state index contributed by atoms with van der Waals surface area (Å²) < 4.78 is 11.9. The van der Waals surface area contributed by atoms with Crippen molar-refractivity contribution in [2.75, 3.05) is 0 Å². The van der Waals surface area contributed by atoms with Gasteiger partial charge in [0.15, 0.2) is 0 Å². The molecule has 4 nitrogen and oxygen atoms in total. The minimum Gasteiger partial charge on any atom is -0.456 e. The fourth-order valence-electron chi connectivity index (χ4n) is 4.48. The lowest BCUT2D eigenvalue weighted by molar-refractivity contribution is -0.172. The van der Waals surface area contributed by atoms with Gasteiger partial charge in [-0.25, -0.2) is 4.79 Å². The number of carbonyl (C=O) groups is 2. The second kappa shape index (κ2) is 6.17. The molecule has 2 fully saturated rings. The number of fused-ring (bicyclic) bond motifs is 3. The van der Waals surface area contributed by atoms with E-state index >= 15 is 0 Å². The van der Waals surface area contributed by atoms with Crippen LogP contribution in [-0.2, 0) is 25.7 Å². The molecule has 4 rings (SSSR count). The smallest absolute Gasteiger partial charge is 0.333 e. The van der Waals surface area contributed by atoms with Crippen molar-refractivity contribution in [2.45, 2.75) is 45.0 Å². The van der Waals surface area contributed by atoms with Crippen molar-refractivity contribution in [1.82, 2.24) is 0 Å². The number of esters is 1. The van der Waals surface area contributed by atoms with Crippen molar-refractivity contribution >= 4 is 11.8 Å². The van der Waals surface area contributed by atoms with Crippen molar-refractivity contribution in [2.24, 2.45) is 17.8 Å². The minimum atomic E-state index is -0.267. The van der Waals surface area contributed by atoms with Crippen LogP contribution in [0, 0.1) is 17.8 Å². The van der Waals surface area contributed by atoms with Gasteiger partial charge in [0.1, 0.15) is 11.9 Å². The zero-order valence-electron chi connectivity index (χ0n) is 13.8. The monoisotopic (exact) mass is 326 g/mol. The van der Waals surface area contributed by atoms with Crippen LogP contribution in [0.25, 0.3) is 0 Å². The molecule has 0 amide bonds. The lowest BCUT2D eigenvalue weighted by atomic mass is 9.69. The second-order valence-electron chi connectivity index (χ2n) is 7.24. The molecule has 0 bridgehead atoms. The lowest BCUT2D eigenvalue weighted by Crippen LogP contribution is -2.50. The molecule has 5 atom stereocenters. The van der Waals surface area contributed by atoms with Gasteiger partial charge in [0.25, 0.3) is 0 Å². The number of ketones is 1. The Kier molecular flexibility index (Phi) is 4.01. The van der Waals surface area contributed by atoms with Crippen LogP contribution < -0.4 is 0 Å². The quantitative estimate of drug-likeness (QED) is 0.801. The van der Waals surface area contributed by atoms with Gasteiger partial charge in [0.2, 0.25) is 0 Å². The summed E-state index contributed by atoms with van der Waals surface area (Å²) in [7, 11) is 0. The Balaban J connectivity index is 1.55. The minimum absolute atomic E-state index is 0.105. The first-order valence-corrected chi connectivity index (χ1v) is 8.68. The molecule has 0 aromatic heterocycles. The molecule has 1 heterocycles. The number of hydrogen-bond donors (Lipinski definition) is 0. The van der Waals surface area contributed by atoms with Gasteiger partial charge in [-0.2, -0.15) is 0 Å². The molecule has 0 saturated heterocycles. The van der Waals surface area contributed by atoms with Crippen molar-refractivity contribution in [1.29, 1.82) is 0 Å². The standard InChI is InChI=1S/C20H22O4/c1-12-7-17-16-10-15(21)8-14(16)9-18(19(17)24-20(12)22)23-11-13-5-3-2-4-6-13/h2-7,14,16-19H,8-11H2,1H3/t14-,16-,17+,18-,19-/m0/s1. The molecule has 0 spiro atoms. The third kappa shape index (κ3) is 2.80. The van der Waals surface area contributed by atoms with Crippen molar-refractivity contribution in [3.05, 3.63) is 47.5 Å². The van der Waals surface area contributed by atoms with E-state index in [1.807, 2.05) is 36.4 Å². The Hall–Kier alpha value is -1.94. The highest BCUT2D eigenvalue weighted by molar-refractivity contribution is 5.89. The van der Waals surface area contributed by atoms with Crippen LogP contribution in [0.3, 0.4) is 0 Å². The van der Waals surface area contributed by atoms with Gasteiger partial charge >= 0.3 is 5.97 Å². The number of Topliss-reactive ketones (excluding diaryl/α,β-unsaturated/α-hetero) is 1. The van der Waals surface area contributed by atoms with Crippen LogP contribution in [0.5, 0.6) is 0 Å². The molecule has 1 aliphatic heterocycles. The average molecular weight is 326 g/mol. The van der Waals surface area contributed by atoms with Crippen LogP contribution in [0.4, 0.5) is 0 Å². The maximum Gasteiger partial charge on any atom is 0.333 e. The summed E-state index contributed by atoms with van der Waals surface area (Å²) in [5.74, 6) is 0.818. The first-order chi connectivity index (χ1) is 11.6. The summed E-state index contributed by atoms with van der Waals surface area (Å²) in [5.41, 5.74) is 1.76. The van der Waals surface area contributed by atoms with E-state index in [1.54, 1.807) is 6.92 Å². The first kappa shape index (κ1) is 15.6. The van der Waals surface area contributed by atoms with Crippen LogP contribution >= 0.6 is 0 Å². The Labute approximate surface area is 141 Å². The van der Waals surface area contributed by atoms with Gasteiger partial charge < -0.3 is 9.47 Å². The van der Waals surface area contributed by atoms with E-state index in [1.165, 1.54) is 0 Å². The number of ether oxygens (including phenoxy) is 2. The second-order valence-corrected chi connectivity index (χ2v) is 7.24. The lowest BCUT2D eigenvalue weighted by Gasteiger charge is -2.44. The predicted octanol–water partition coefficient (Wildman–Crippen LogP) is 3.06. The van der Waals surface area contributed by atoms with Gasteiger partial charge in [0.05, 0.1) is 12.7 Å². The molecule has 24 heavy (non-hydrogen) atoms. The molecule has 3 aliphatic rings. The number of rotatable bonds is 3.